The van der Waals surface area contributed by atoms with E-state index in [-0.39, 0.29) is 12.8 Å². The van der Waals surface area contributed by atoms with Crippen LogP contribution in [-0.2, 0) is 25.4 Å². The highest BCUT2D eigenvalue weighted by atomic mass is 31.2. The second-order valence-corrected chi connectivity index (χ2v) is 9.48. The topological polar surface area (TPSA) is 149 Å². The van der Waals surface area contributed by atoms with Gasteiger partial charge >= 0.3 is 17.9 Å². The first-order valence-corrected chi connectivity index (χ1v) is 11.1. The van der Waals surface area contributed by atoms with Crippen LogP contribution in [0.4, 0.5) is 0 Å². The van der Waals surface area contributed by atoms with E-state index >= 15 is 0 Å². The SMILES string of the molecule is O=C(O)CCC(CP(=O)(O)CC(Cc1cccc2ccccc12)C(=O)O)C(=O)O. The monoisotopic (exact) mass is 422 g/mol. The number of carboxylic acid groups (broad SMARTS) is 3. The molecule has 2 rings (SSSR count). The Balaban J connectivity index is 2.18. The molecule has 2 aromatic rings. The van der Waals surface area contributed by atoms with Gasteiger partial charge in [0.05, 0.1) is 11.8 Å². The molecule has 0 spiro atoms. The van der Waals surface area contributed by atoms with E-state index in [1.165, 1.54) is 0 Å². The van der Waals surface area contributed by atoms with Crippen molar-refractivity contribution in [1.82, 2.24) is 0 Å². The van der Waals surface area contributed by atoms with Gasteiger partial charge in [0.2, 0.25) is 7.37 Å². The second kappa shape index (κ2) is 9.67. The van der Waals surface area contributed by atoms with Crippen LogP contribution < -0.4 is 0 Å². The van der Waals surface area contributed by atoms with Gasteiger partial charge in [0, 0.05) is 18.7 Å². The quantitative estimate of drug-likeness (QED) is 0.404. The summed E-state index contributed by atoms with van der Waals surface area (Å²) in [7, 11) is -4.12. The minimum atomic E-state index is -4.12. The molecule has 2 aromatic carbocycles. The normalized spacial score (nSPS) is 15.3. The van der Waals surface area contributed by atoms with Crippen LogP contribution in [-0.4, -0.2) is 50.4 Å². The first-order valence-electron chi connectivity index (χ1n) is 9.04. The molecule has 0 aliphatic rings. The summed E-state index contributed by atoms with van der Waals surface area (Å²) in [4.78, 5) is 44.0. The summed E-state index contributed by atoms with van der Waals surface area (Å²) in [6, 6.07) is 12.8. The van der Waals surface area contributed by atoms with Gasteiger partial charge in [-0.15, -0.1) is 0 Å². The number of rotatable bonds is 11. The highest BCUT2D eigenvalue weighted by Crippen LogP contribution is 2.46. The first-order chi connectivity index (χ1) is 13.6. The van der Waals surface area contributed by atoms with Crippen molar-refractivity contribution in [3.05, 3.63) is 48.0 Å². The average molecular weight is 422 g/mol. The van der Waals surface area contributed by atoms with E-state index in [9.17, 15) is 34.1 Å². The van der Waals surface area contributed by atoms with Crippen molar-refractivity contribution in [2.45, 2.75) is 19.3 Å². The number of carbonyl (C=O) groups is 3. The van der Waals surface area contributed by atoms with Crippen LogP contribution in [0, 0.1) is 11.8 Å². The van der Waals surface area contributed by atoms with Crippen LogP contribution in [0.5, 0.6) is 0 Å². The molecule has 0 aliphatic carbocycles. The van der Waals surface area contributed by atoms with Gasteiger partial charge in [-0.2, -0.15) is 0 Å². The maximum absolute atomic E-state index is 12.6. The fourth-order valence-corrected chi connectivity index (χ4v) is 5.47. The van der Waals surface area contributed by atoms with E-state index in [4.69, 9.17) is 5.11 Å². The molecule has 0 fully saturated rings. The average Bonchev–Trinajstić information content (AvgIpc) is 2.64. The summed E-state index contributed by atoms with van der Waals surface area (Å²) in [5.41, 5.74) is 0.719. The van der Waals surface area contributed by atoms with Crippen LogP contribution in [0.1, 0.15) is 18.4 Å². The number of hydrogen-bond acceptors (Lipinski definition) is 4. The molecule has 0 aromatic heterocycles. The molecule has 0 aliphatic heterocycles. The fraction of sp³-hybridized carbons (Fsp3) is 0.350. The van der Waals surface area contributed by atoms with E-state index in [0.29, 0.717) is 0 Å². The number of hydrogen-bond donors (Lipinski definition) is 4. The summed E-state index contributed by atoms with van der Waals surface area (Å²) >= 11 is 0. The molecule has 0 radical (unpaired) electrons. The lowest BCUT2D eigenvalue weighted by Crippen LogP contribution is -2.25. The van der Waals surface area contributed by atoms with Crippen molar-refractivity contribution in [2.75, 3.05) is 12.3 Å². The van der Waals surface area contributed by atoms with E-state index < -0.39 is 55.9 Å². The molecule has 29 heavy (non-hydrogen) atoms. The molecular weight excluding hydrogens is 399 g/mol. The lowest BCUT2D eigenvalue weighted by atomic mass is 9.96. The Morgan fingerprint density at radius 2 is 1.45 bits per heavy atom. The van der Waals surface area contributed by atoms with Gasteiger partial charge in [-0.05, 0) is 29.2 Å². The number of fused-ring (bicyclic) bond motifs is 1. The zero-order chi connectivity index (χ0) is 21.6. The van der Waals surface area contributed by atoms with Crippen molar-refractivity contribution in [3.63, 3.8) is 0 Å². The first kappa shape index (κ1) is 22.6. The van der Waals surface area contributed by atoms with Gasteiger partial charge in [-0.3, -0.25) is 18.9 Å². The van der Waals surface area contributed by atoms with Gasteiger partial charge < -0.3 is 20.2 Å². The molecule has 0 saturated heterocycles. The summed E-state index contributed by atoms with van der Waals surface area (Å²) in [6.45, 7) is 0. The molecule has 3 atom stereocenters. The van der Waals surface area contributed by atoms with E-state index in [1.54, 1.807) is 12.1 Å². The van der Waals surface area contributed by atoms with Crippen molar-refractivity contribution in [2.24, 2.45) is 11.8 Å². The van der Waals surface area contributed by atoms with Crippen molar-refractivity contribution in [1.29, 1.82) is 0 Å². The lowest BCUT2D eigenvalue weighted by molar-refractivity contribution is -0.142. The van der Waals surface area contributed by atoms with E-state index in [0.717, 1.165) is 16.3 Å². The fourth-order valence-electron chi connectivity index (χ4n) is 3.32. The molecular formula is C20H23O8P. The van der Waals surface area contributed by atoms with Crippen LogP contribution in [0.25, 0.3) is 10.8 Å². The van der Waals surface area contributed by atoms with Gasteiger partial charge in [0.15, 0.2) is 0 Å². The molecule has 3 unspecified atom stereocenters. The van der Waals surface area contributed by atoms with Crippen molar-refractivity contribution < 1.29 is 39.2 Å². The van der Waals surface area contributed by atoms with Crippen molar-refractivity contribution in [3.8, 4) is 0 Å². The number of benzene rings is 2. The van der Waals surface area contributed by atoms with E-state index in [1.807, 2.05) is 30.3 Å². The minimum Gasteiger partial charge on any atom is -0.481 e. The molecule has 0 saturated carbocycles. The second-order valence-electron chi connectivity index (χ2n) is 7.06. The Morgan fingerprint density at radius 3 is 2.07 bits per heavy atom. The number of aliphatic carboxylic acids is 3. The summed E-state index contributed by atoms with van der Waals surface area (Å²) in [6.07, 6.45) is -1.96. The third-order valence-electron chi connectivity index (χ3n) is 4.76. The molecule has 0 heterocycles. The van der Waals surface area contributed by atoms with Gasteiger partial charge in [0.1, 0.15) is 0 Å². The van der Waals surface area contributed by atoms with Gasteiger partial charge in [-0.1, -0.05) is 42.5 Å². The zero-order valence-corrected chi connectivity index (χ0v) is 16.5. The van der Waals surface area contributed by atoms with Gasteiger partial charge in [-0.25, -0.2) is 0 Å². The zero-order valence-electron chi connectivity index (χ0n) is 15.6. The standard InChI is InChI=1S/C20H23O8P/c21-18(22)9-8-15(19(23)24)11-29(27,28)12-16(20(25)26)10-14-6-3-5-13-4-1-2-7-17(13)14/h1-7,15-16H,8-12H2,(H,21,22)(H,23,24)(H,25,26)(H,27,28). The highest BCUT2D eigenvalue weighted by molar-refractivity contribution is 7.58. The highest BCUT2D eigenvalue weighted by Gasteiger charge is 2.34. The van der Waals surface area contributed by atoms with Crippen LogP contribution in [0.3, 0.4) is 0 Å². The third kappa shape index (κ3) is 6.69. The largest absolute Gasteiger partial charge is 0.481 e. The third-order valence-corrected chi connectivity index (χ3v) is 6.79. The Hall–Kier alpha value is -2.70. The van der Waals surface area contributed by atoms with Gasteiger partial charge in [0.25, 0.3) is 0 Å². The molecule has 156 valence electrons. The molecule has 0 amide bonds. The maximum Gasteiger partial charge on any atom is 0.307 e. The molecule has 8 nitrogen and oxygen atoms in total. The Morgan fingerprint density at radius 1 is 0.862 bits per heavy atom. The predicted octanol–water partition coefficient (Wildman–Crippen LogP) is 2.92. The Bertz CT molecular complexity index is 949. The summed E-state index contributed by atoms with van der Waals surface area (Å²) in [5, 5.41) is 29.2. The molecule has 9 heteroatoms. The van der Waals surface area contributed by atoms with E-state index in [2.05, 4.69) is 0 Å². The lowest BCUT2D eigenvalue weighted by Gasteiger charge is -2.21. The molecule has 4 N–H and O–H groups in total. The Labute approximate surface area is 167 Å². The minimum absolute atomic E-state index is 0.0219. The maximum atomic E-state index is 12.6. The Kier molecular flexibility index (Phi) is 7.53. The predicted molar refractivity (Wildman–Crippen MR) is 106 cm³/mol. The van der Waals surface area contributed by atoms with Crippen LogP contribution in [0.2, 0.25) is 0 Å². The number of carboxylic acids is 3. The summed E-state index contributed by atoms with van der Waals surface area (Å²) < 4.78 is 12.6. The molecule has 0 bridgehead atoms. The summed E-state index contributed by atoms with van der Waals surface area (Å²) in [5.74, 6) is -6.33. The smallest absolute Gasteiger partial charge is 0.307 e. The van der Waals surface area contributed by atoms with Crippen molar-refractivity contribution >= 4 is 36.0 Å². The van der Waals surface area contributed by atoms with Crippen LogP contribution >= 0.6 is 7.37 Å². The van der Waals surface area contributed by atoms with Crippen LogP contribution in [0.15, 0.2) is 42.5 Å².